The first-order chi connectivity index (χ1) is 21.8. The minimum absolute atomic E-state index is 0.0476. The monoisotopic (exact) mass is 621 g/mol. The lowest BCUT2D eigenvalue weighted by atomic mass is 10.0. The van der Waals surface area contributed by atoms with Gasteiger partial charge >= 0.3 is 0 Å². The van der Waals surface area contributed by atoms with Gasteiger partial charge in [0.05, 0.1) is 19.7 Å². The lowest BCUT2D eigenvalue weighted by molar-refractivity contribution is -0.142. The quantitative estimate of drug-likeness (QED) is 0.458. The van der Waals surface area contributed by atoms with Crippen LogP contribution in [-0.4, -0.2) is 109 Å². The van der Waals surface area contributed by atoms with Gasteiger partial charge in [-0.2, -0.15) is 0 Å². The highest BCUT2D eigenvalue weighted by Crippen LogP contribution is 2.27. The Hall–Kier alpha value is -4.19. The summed E-state index contributed by atoms with van der Waals surface area (Å²) in [6.45, 7) is 2.15. The summed E-state index contributed by atoms with van der Waals surface area (Å²) in [7, 11) is 1.60. The molecule has 4 heterocycles. The number of likely N-dealkylation sites (tertiary alicyclic amines) is 2. The fourth-order valence-corrected chi connectivity index (χ4v) is 6.86. The van der Waals surface area contributed by atoms with Crippen LogP contribution in [0.4, 0.5) is 4.39 Å². The number of halogens is 1. The van der Waals surface area contributed by atoms with Crippen molar-refractivity contribution in [3.63, 3.8) is 0 Å². The number of methoxy groups -OCH3 is 1. The molecule has 12 heteroatoms. The van der Waals surface area contributed by atoms with Crippen molar-refractivity contribution in [2.45, 2.75) is 69.0 Å². The van der Waals surface area contributed by atoms with Crippen molar-refractivity contribution in [1.82, 2.24) is 25.3 Å². The number of alkyl halides is 1. The molecule has 0 spiro atoms. The van der Waals surface area contributed by atoms with Crippen LogP contribution in [0.15, 0.2) is 48.5 Å². The van der Waals surface area contributed by atoms with Crippen LogP contribution >= 0.6 is 0 Å². The van der Waals surface area contributed by atoms with Gasteiger partial charge in [0.25, 0.3) is 5.91 Å². The average Bonchev–Trinajstić information content (AvgIpc) is 3.80. The Morgan fingerprint density at radius 1 is 0.911 bits per heavy atom. The summed E-state index contributed by atoms with van der Waals surface area (Å²) in [5.41, 5.74) is 1.70. The van der Waals surface area contributed by atoms with Crippen molar-refractivity contribution < 1.29 is 33.0 Å². The summed E-state index contributed by atoms with van der Waals surface area (Å²) in [6.07, 6.45) is 1.12. The molecular formula is C33H40FN5O6. The summed E-state index contributed by atoms with van der Waals surface area (Å²) < 4.78 is 25.7. The van der Waals surface area contributed by atoms with Gasteiger partial charge in [0.2, 0.25) is 17.7 Å². The van der Waals surface area contributed by atoms with Gasteiger partial charge < -0.3 is 29.9 Å². The molecule has 45 heavy (non-hydrogen) atoms. The lowest BCUT2D eigenvalue weighted by Gasteiger charge is -2.31. The Morgan fingerprint density at radius 2 is 1.67 bits per heavy atom. The molecule has 11 nitrogen and oxygen atoms in total. The van der Waals surface area contributed by atoms with E-state index in [1.807, 2.05) is 29.2 Å². The standard InChI is InChI=1S/C33H40FN5O6/c1-44-26-6-4-5-22(13-26)17-38-19-24-16-28(38)31(41)36-27(33(43)39-18-23(34)15-29(39)32(42)35-24)14-21-7-9-25(10-8-21)45-20-30(40)37-11-2-3-12-37/h4-10,13,23-24,27-29H,2-3,11-12,14-20H2,1H3,(H,35,42)(H,36,41)/t23-,24-,27?,28-,29-/m0/s1. The van der Waals surface area contributed by atoms with Crippen molar-refractivity contribution in [2.75, 3.05) is 39.9 Å². The van der Waals surface area contributed by atoms with Gasteiger partial charge in [-0.25, -0.2) is 4.39 Å². The number of fused-ring (bicyclic) bond motifs is 3. The Labute approximate surface area is 262 Å². The number of amides is 4. The molecule has 1 unspecified atom stereocenters. The van der Waals surface area contributed by atoms with Gasteiger partial charge in [0.15, 0.2) is 6.61 Å². The minimum atomic E-state index is -1.33. The van der Waals surface area contributed by atoms with E-state index in [2.05, 4.69) is 10.6 Å². The lowest BCUT2D eigenvalue weighted by Crippen LogP contribution is -2.56. The first kappa shape index (κ1) is 30.8. The van der Waals surface area contributed by atoms with Gasteiger partial charge in [-0.05, 0) is 54.7 Å². The van der Waals surface area contributed by atoms with E-state index in [0.717, 1.165) is 37.1 Å². The molecule has 0 saturated carbocycles. The molecule has 6 rings (SSSR count). The summed E-state index contributed by atoms with van der Waals surface area (Å²) in [6, 6.07) is 11.8. The number of hydrogen-bond donors (Lipinski definition) is 2. The Balaban J connectivity index is 1.20. The van der Waals surface area contributed by atoms with Crippen LogP contribution in [0.1, 0.15) is 36.8 Å². The highest BCUT2D eigenvalue weighted by molar-refractivity contribution is 5.94. The summed E-state index contributed by atoms with van der Waals surface area (Å²) in [5.74, 6) is -0.0267. The molecule has 4 aliphatic rings. The molecule has 2 bridgehead atoms. The zero-order valence-electron chi connectivity index (χ0n) is 25.5. The van der Waals surface area contributed by atoms with Crippen molar-refractivity contribution >= 4 is 23.6 Å². The molecule has 4 saturated heterocycles. The van der Waals surface area contributed by atoms with E-state index in [9.17, 15) is 23.6 Å². The van der Waals surface area contributed by atoms with E-state index in [4.69, 9.17) is 9.47 Å². The highest BCUT2D eigenvalue weighted by atomic mass is 19.1. The molecule has 240 valence electrons. The van der Waals surface area contributed by atoms with E-state index in [1.54, 1.807) is 36.3 Å². The van der Waals surface area contributed by atoms with Crippen molar-refractivity contribution in [1.29, 1.82) is 0 Å². The zero-order chi connectivity index (χ0) is 31.5. The summed E-state index contributed by atoms with van der Waals surface area (Å²) in [5, 5.41) is 5.97. The molecule has 0 aliphatic carbocycles. The Kier molecular flexibility index (Phi) is 9.20. The SMILES string of the molecule is COc1cccc(CN2C[C@@H]3C[C@H]2C(=O)NC(Cc2ccc(OCC(=O)N4CCCC4)cc2)C(=O)N2C[C@@H](F)C[C@H]2C(=O)N3)c1. The number of benzene rings is 2. The molecule has 2 aromatic carbocycles. The number of hydrogen-bond acceptors (Lipinski definition) is 7. The average molecular weight is 622 g/mol. The van der Waals surface area contributed by atoms with Crippen LogP contribution in [0.3, 0.4) is 0 Å². The highest BCUT2D eigenvalue weighted by Gasteiger charge is 2.46. The van der Waals surface area contributed by atoms with Gasteiger partial charge in [0.1, 0.15) is 29.8 Å². The second kappa shape index (κ2) is 13.4. The van der Waals surface area contributed by atoms with E-state index in [-0.39, 0.29) is 43.8 Å². The maximum atomic E-state index is 14.7. The van der Waals surface area contributed by atoms with Gasteiger partial charge in [-0.1, -0.05) is 24.3 Å². The smallest absolute Gasteiger partial charge is 0.260 e. The molecule has 4 fully saturated rings. The first-order valence-electron chi connectivity index (χ1n) is 15.7. The topological polar surface area (TPSA) is 121 Å². The van der Waals surface area contributed by atoms with Gasteiger partial charge in [-0.3, -0.25) is 24.1 Å². The zero-order valence-corrected chi connectivity index (χ0v) is 25.5. The molecule has 0 aromatic heterocycles. The van der Waals surface area contributed by atoms with Crippen molar-refractivity contribution in [3.8, 4) is 11.5 Å². The molecule has 4 amide bonds. The second-order valence-electron chi connectivity index (χ2n) is 12.4. The molecule has 2 N–H and O–H groups in total. The molecule has 2 aromatic rings. The molecule has 4 aliphatic heterocycles. The van der Waals surface area contributed by atoms with Crippen LogP contribution in [0.25, 0.3) is 0 Å². The maximum Gasteiger partial charge on any atom is 0.260 e. The van der Waals surface area contributed by atoms with Gasteiger partial charge in [-0.15, -0.1) is 0 Å². The minimum Gasteiger partial charge on any atom is -0.497 e. The largest absolute Gasteiger partial charge is 0.497 e. The predicted molar refractivity (Wildman–Crippen MR) is 162 cm³/mol. The fourth-order valence-electron chi connectivity index (χ4n) is 6.86. The van der Waals surface area contributed by atoms with E-state index in [0.29, 0.717) is 31.0 Å². The van der Waals surface area contributed by atoms with Crippen LogP contribution < -0.4 is 20.1 Å². The van der Waals surface area contributed by atoms with Crippen LogP contribution in [0, 0.1) is 0 Å². The number of carbonyl (C=O) groups excluding carboxylic acids is 4. The first-order valence-corrected chi connectivity index (χ1v) is 15.7. The van der Waals surface area contributed by atoms with Crippen LogP contribution in [-0.2, 0) is 32.1 Å². The normalized spacial score (nSPS) is 27.1. The summed E-state index contributed by atoms with van der Waals surface area (Å²) >= 11 is 0. The van der Waals surface area contributed by atoms with E-state index in [1.165, 1.54) is 4.90 Å². The maximum absolute atomic E-state index is 14.7. The third-order valence-electron chi connectivity index (χ3n) is 9.21. The number of carbonyl (C=O) groups is 4. The van der Waals surface area contributed by atoms with E-state index >= 15 is 0 Å². The number of ether oxygens (including phenoxy) is 2. The number of nitrogens with one attached hydrogen (secondary N) is 2. The third-order valence-corrected chi connectivity index (χ3v) is 9.21. The second-order valence-corrected chi connectivity index (χ2v) is 12.4. The Bertz CT molecular complexity index is 1420. The van der Waals surface area contributed by atoms with Crippen molar-refractivity contribution in [3.05, 3.63) is 59.7 Å². The number of nitrogens with zero attached hydrogens (tertiary/aromatic N) is 3. The molecular weight excluding hydrogens is 581 g/mol. The van der Waals surface area contributed by atoms with Crippen molar-refractivity contribution in [2.24, 2.45) is 0 Å². The molecule has 0 radical (unpaired) electrons. The van der Waals surface area contributed by atoms with Crippen LogP contribution in [0.2, 0.25) is 0 Å². The summed E-state index contributed by atoms with van der Waals surface area (Å²) in [4.78, 5) is 58.5. The fraction of sp³-hybridized carbons (Fsp3) is 0.515. The van der Waals surface area contributed by atoms with Crippen LogP contribution in [0.5, 0.6) is 11.5 Å². The van der Waals surface area contributed by atoms with E-state index < -0.39 is 36.1 Å². The predicted octanol–water partition coefficient (Wildman–Crippen LogP) is 1.44. The molecule has 5 atom stereocenters. The van der Waals surface area contributed by atoms with Gasteiger partial charge in [0, 0.05) is 45.1 Å². The third kappa shape index (κ3) is 7.06. The number of rotatable bonds is 8. The Morgan fingerprint density at radius 3 is 2.42 bits per heavy atom.